The number of fused-ring (bicyclic) bond motifs is 1. The van der Waals surface area contributed by atoms with Crippen molar-refractivity contribution in [1.29, 1.82) is 0 Å². The van der Waals surface area contributed by atoms with Crippen LogP contribution in [0.2, 0.25) is 0 Å². The highest BCUT2D eigenvalue weighted by Crippen LogP contribution is 2.40. The number of H-pyrrole nitrogens is 1. The molecule has 1 aliphatic heterocycles. The van der Waals surface area contributed by atoms with Crippen LogP contribution in [-0.2, 0) is 0 Å². The molecule has 3 aromatic rings. The van der Waals surface area contributed by atoms with Crippen molar-refractivity contribution in [3.63, 3.8) is 0 Å². The topological polar surface area (TPSA) is 59.2 Å². The van der Waals surface area contributed by atoms with Crippen molar-refractivity contribution < 1.29 is 9.47 Å². The molecule has 0 unspecified atom stereocenters. The van der Waals surface area contributed by atoms with Crippen molar-refractivity contribution in [2.75, 3.05) is 11.5 Å². The summed E-state index contributed by atoms with van der Waals surface area (Å²) in [5.41, 5.74) is 2.81. The van der Waals surface area contributed by atoms with E-state index in [1.165, 1.54) is 11.9 Å². The first kappa shape index (κ1) is 13.1. The number of ether oxygens (including phenoxy) is 2. The largest absolute Gasteiger partial charge is 0.454 e. The Labute approximate surface area is 131 Å². The summed E-state index contributed by atoms with van der Waals surface area (Å²) in [5, 5.41) is 0. The van der Waals surface area contributed by atoms with E-state index in [0.717, 1.165) is 33.5 Å². The van der Waals surface area contributed by atoms with Gasteiger partial charge in [-0.3, -0.25) is 4.98 Å². The molecule has 3 heterocycles. The Morgan fingerprint density at radius 2 is 2.14 bits per heavy atom. The van der Waals surface area contributed by atoms with E-state index >= 15 is 0 Å². The van der Waals surface area contributed by atoms with E-state index in [1.807, 2.05) is 42.6 Å². The third-order valence-corrected chi connectivity index (χ3v) is 4.07. The third-order valence-electron chi connectivity index (χ3n) is 3.27. The zero-order chi connectivity index (χ0) is 14.8. The highest BCUT2D eigenvalue weighted by Gasteiger charge is 2.17. The maximum absolute atomic E-state index is 5.48. The van der Waals surface area contributed by atoms with E-state index in [9.17, 15) is 0 Å². The molecule has 0 saturated carbocycles. The number of nitrogens with zero attached hydrogens (tertiary/aromatic N) is 1. The molecule has 1 aliphatic rings. The van der Waals surface area contributed by atoms with Crippen LogP contribution in [0.5, 0.6) is 11.5 Å². The molecular weight excluding hydrogens is 298 g/mol. The van der Waals surface area contributed by atoms with Gasteiger partial charge in [-0.25, -0.2) is 0 Å². The fourth-order valence-electron chi connectivity index (χ4n) is 2.23. The zero-order valence-electron chi connectivity index (χ0n) is 11.6. The van der Waals surface area contributed by atoms with E-state index in [4.69, 9.17) is 9.47 Å². The van der Waals surface area contributed by atoms with Crippen LogP contribution in [0.3, 0.4) is 0 Å². The number of aromatic amines is 1. The first-order chi connectivity index (χ1) is 10.9. The molecule has 0 atom stereocenters. The molecule has 0 radical (unpaired) electrons. The standard InChI is InChI=1S/C16H13N3O2S/c1-2-7-17-12(4-1)14-8-11(9-18-14)22-19-13-5-3-6-15-16(13)21-10-20-15/h1-9,18-19H,10H2. The molecule has 110 valence electrons. The fourth-order valence-corrected chi connectivity index (χ4v) is 2.91. The molecule has 22 heavy (non-hydrogen) atoms. The van der Waals surface area contributed by atoms with Crippen molar-refractivity contribution in [3.8, 4) is 22.9 Å². The maximum atomic E-state index is 5.48. The molecule has 0 aliphatic carbocycles. The minimum absolute atomic E-state index is 0.271. The van der Waals surface area contributed by atoms with E-state index < -0.39 is 0 Å². The van der Waals surface area contributed by atoms with Gasteiger partial charge in [0.15, 0.2) is 11.5 Å². The van der Waals surface area contributed by atoms with Gasteiger partial charge in [-0.15, -0.1) is 0 Å². The number of nitrogens with one attached hydrogen (secondary N) is 2. The summed E-state index contributed by atoms with van der Waals surface area (Å²) in [6.07, 6.45) is 3.73. The van der Waals surface area contributed by atoms with Gasteiger partial charge in [0.05, 0.1) is 17.1 Å². The molecule has 0 amide bonds. The van der Waals surface area contributed by atoms with Crippen LogP contribution < -0.4 is 14.2 Å². The molecule has 0 fully saturated rings. The van der Waals surface area contributed by atoms with Gasteiger partial charge in [0.25, 0.3) is 0 Å². The van der Waals surface area contributed by atoms with E-state index in [-0.39, 0.29) is 6.79 Å². The average Bonchev–Trinajstić information content (AvgIpc) is 3.23. The summed E-state index contributed by atoms with van der Waals surface area (Å²) in [5.74, 6) is 1.53. The highest BCUT2D eigenvalue weighted by atomic mass is 32.2. The first-order valence-corrected chi connectivity index (χ1v) is 7.63. The smallest absolute Gasteiger partial charge is 0.231 e. The molecule has 2 aromatic heterocycles. The van der Waals surface area contributed by atoms with E-state index in [0.29, 0.717) is 0 Å². The molecule has 4 rings (SSSR count). The molecule has 2 N–H and O–H groups in total. The van der Waals surface area contributed by atoms with E-state index in [2.05, 4.69) is 20.8 Å². The molecular formula is C16H13N3O2S. The molecule has 1 aromatic carbocycles. The maximum Gasteiger partial charge on any atom is 0.231 e. The lowest BCUT2D eigenvalue weighted by atomic mass is 10.3. The van der Waals surface area contributed by atoms with Crippen LogP contribution in [0.1, 0.15) is 0 Å². The predicted octanol–water partition coefficient (Wildman–Crippen LogP) is 3.92. The second-order valence-corrected chi connectivity index (χ2v) is 5.59. The van der Waals surface area contributed by atoms with Crippen molar-refractivity contribution in [3.05, 3.63) is 54.9 Å². The van der Waals surface area contributed by atoms with Gasteiger partial charge in [-0.1, -0.05) is 12.1 Å². The fraction of sp³-hybridized carbons (Fsp3) is 0.0625. The van der Waals surface area contributed by atoms with Crippen LogP contribution >= 0.6 is 11.9 Å². The van der Waals surface area contributed by atoms with Crippen molar-refractivity contribution in [1.82, 2.24) is 9.97 Å². The van der Waals surface area contributed by atoms with Crippen molar-refractivity contribution in [2.24, 2.45) is 0 Å². The summed E-state index contributed by atoms with van der Waals surface area (Å²) in [7, 11) is 0. The number of hydrogen-bond acceptors (Lipinski definition) is 5. The Kier molecular flexibility index (Phi) is 3.36. The first-order valence-electron chi connectivity index (χ1n) is 6.81. The Morgan fingerprint density at radius 1 is 1.14 bits per heavy atom. The SMILES string of the molecule is c1ccc(-c2cc(SNc3cccc4c3OCO4)c[nH]2)nc1. The van der Waals surface area contributed by atoms with Crippen molar-refractivity contribution in [2.45, 2.75) is 4.90 Å². The molecule has 6 heteroatoms. The van der Waals surface area contributed by atoms with Crippen LogP contribution in [0.25, 0.3) is 11.4 Å². The number of aromatic nitrogens is 2. The lowest BCUT2D eigenvalue weighted by Crippen LogP contribution is -1.94. The molecule has 0 bridgehead atoms. The Balaban J connectivity index is 1.49. The molecule has 5 nitrogen and oxygen atoms in total. The minimum atomic E-state index is 0.271. The number of anilines is 1. The second kappa shape index (κ2) is 5.65. The van der Waals surface area contributed by atoms with Gasteiger partial charge in [0.1, 0.15) is 0 Å². The van der Waals surface area contributed by atoms with Gasteiger partial charge in [-0.05, 0) is 42.3 Å². The number of benzene rings is 1. The number of hydrogen-bond donors (Lipinski definition) is 2. The quantitative estimate of drug-likeness (QED) is 0.715. The number of pyridine rings is 1. The van der Waals surface area contributed by atoms with Crippen LogP contribution in [0.15, 0.2) is 59.8 Å². The van der Waals surface area contributed by atoms with Gasteiger partial charge in [0.2, 0.25) is 6.79 Å². The third kappa shape index (κ3) is 2.48. The lowest BCUT2D eigenvalue weighted by molar-refractivity contribution is 0.174. The summed E-state index contributed by atoms with van der Waals surface area (Å²) >= 11 is 1.51. The van der Waals surface area contributed by atoms with Gasteiger partial charge in [0, 0.05) is 17.3 Å². The zero-order valence-corrected chi connectivity index (χ0v) is 12.4. The van der Waals surface area contributed by atoms with Crippen molar-refractivity contribution >= 4 is 17.6 Å². The Bertz CT molecular complexity index is 789. The van der Waals surface area contributed by atoms with Gasteiger partial charge in [-0.2, -0.15) is 0 Å². The predicted molar refractivity (Wildman–Crippen MR) is 86.1 cm³/mol. The Hall–Kier alpha value is -2.60. The lowest BCUT2D eigenvalue weighted by Gasteiger charge is -2.06. The summed E-state index contributed by atoms with van der Waals surface area (Å²) in [6, 6.07) is 13.7. The van der Waals surface area contributed by atoms with Gasteiger partial charge < -0.3 is 19.2 Å². The number of para-hydroxylation sites is 1. The second-order valence-electron chi connectivity index (χ2n) is 4.71. The highest BCUT2D eigenvalue weighted by molar-refractivity contribution is 8.00. The molecule has 0 saturated heterocycles. The van der Waals surface area contributed by atoms with Gasteiger partial charge >= 0.3 is 0 Å². The molecule has 0 spiro atoms. The Morgan fingerprint density at radius 3 is 3.05 bits per heavy atom. The van der Waals surface area contributed by atoms with Crippen LogP contribution in [0, 0.1) is 0 Å². The summed E-state index contributed by atoms with van der Waals surface area (Å²) in [6.45, 7) is 0.271. The monoisotopic (exact) mass is 311 g/mol. The number of rotatable bonds is 4. The van der Waals surface area contributed by atoms with Crippen LogP contribution in [-0.4, -0.2) is 16.8 Å². The van der Waals surface area contributed by atoms with E-state index in [1.54, 1.807) is 6.20 Å². The summed E-state index contributed by atoms with van der Waals surface area (Å²) in [4.78, 5) is 8.63. The van der Waals surface area contributed by atoms with Crippen LogP contribution in [0.4, 0.5) is 5.69 Å². The normalized spacial score (nSPS) is 12.4. The average molecular weight is 311 g/mol. The minimum Gasteiger partial charge on any atom is -0.454 e. The summed E-state index contributed by atoms with van der Waals surface area (Å²) < 4.78 is 14.1.